The molecule has 2 aromatic carbocycles. The Morgan fingerprint density at radius 2 is 1.74 bits per heavy atom. The lowest BCUT2D eigenvalue weighted by Crippen LogP contribution is -2.30. The standard InChI is InChI=1S/C20H25NO2/c1-13(2)18-11-7-9-15(4)19(18)21-20(22)16(5)23-17-10-6-8-14(3)12-17/h6-13,16H,1-5H3,(H,21,22). The second kappa shape index (κ2) is 7.32. The van der Waals surface area contributed by atoms with E-state index in [0.717, 1.165) is 22.4 Å². The van der Waals surface area contributed by atoms with Crippen molar-refractivity contribution < 1.29 is 9.53 Å². The SMILES string of the molecule is Cc1cccc(OC(C)C(=O)Nc2c(C)cccc2C(C)C)c1. The number of para-hydroxylation sites is 1. The van der Waals surface area contributed by atoms with Crippen LogP contribution in [0.1, 0.15) is 43.4 Å². The van der Waals surface area contributed by atoms with E-state index in [9.17, 15) is 4.79 Å². The summed E-state index contributed by atoms with van der Waals surface area (Å²) in [5, 5.41) is 3.03. The maximum absolute atomic E-state index is 12.5. The van der Waals surface area contributed by atoms with E-state index in [1.54, 1.807) is 6.92 Å². The van der Waals surface area contributed by atoms with Gasteiger partial charge in [0.15, 0.2) is 6.10 Å². The lowest BCUT2D eigenvalue weighted by Gasteiger charge is -2.19. The third-order valence-electron chi connectivity index (χ3n) is 3.85. The van der Waals surface area contributed by atoms with E-state index < -0.39 is 6.10 Å². The first-order valence-corrected chi connectivity index (χ1v) is 8.02. The van der Waals surface area contributed by atoms with E-state index in [4.69, 9.17) is 4.74 Å². The number of anilines is 1. The number of rotatable bonds is 5. The van der Waals surface area contributed by atoms with Crippen molar-refractivity contribution in [2.75, 3.05) is 5.32 Å². The van der Waals surface area contributed by atoms with Crippen molar-refractivity contribution >= 4 is 11.6 Å². The monoisotopic (exact) mass is 311 g/mol. The average Bonchev–Trinajstić information content (AvgIpc) is 2.48. The maximum Gasteiger partial charge on any atom is 0.265 e. The number of carbonyl (C=O) groups excluding carboxylic acids is 1. The Hall–Kier alpha value is -2.29. The van der Waals surface area contributed by atoms with Crippen molar-refractivity contribution in [1.82, 2.24) is 0 Å². The first-order chi connectivity index (χ1) is 10.9. The minimum absolute atomic E-state index is 0.136. The van der Waals surface area contributed by atoms with E-state index in [0.29, 0.717) is 11.7 Å². The van der Waals surface area contributed by atoms with Crippen LogP contribution < -0.4 is 10.1 Å². The van der Waals surface area contributed by atoms with Gasteiger partial charge in [-0.15, -0.1) is 0 Å². The maximum atomic E-state index is 12.5. The molecule has 0 saturated carbocycles. The van der Waals surface area contributed by atoms with Crippen LogP contribution in [0.15, 0.2) is 42.5 Å². The molecule has 1 atom stereocenters. The summed E-state index contributed by atoms with van der Waals surface area (Å²) in [6.07, 6.45) is -0.559. The van der Waals surface area contributed by atoms with E-state index in [1.807, 2.05) is 50.2 Å². The van der Waals surface area contributed by atoms with Crippen LogP contribution in [0, 0.1) is 13.8 Å². The van der Waals surface area contributed by atoms with Crippen molar-refractivity contribution in [3.8, 4) is 5.75 Å². The molecule has 0 fully saturated rings. The largest absolute Gasteiger partial charge is 0.481 e. The van der Waals surface area contributed by atoms with Crippen molar-refractivity contribution in [3.05, 3.63) is 59.2 Å². The minimum atomic E-state index is -0.559. The van der Waals surface area contributed by atoms with Gasteiger partial charge in [-0.3, -0.25) is 4.79 Å². The molecule has 0 aliphatic rings. The van der Waals surface area contributed by atoms with Crippen molar-refractivity contribution in [1.29, 1.82) is 0 Å². The summed E-state index contributed by atoms with van der Waals surface area (Å²) < 4.78 is 5.76. The third kappa shape index (κ3) is 4.35. The number of nitrogens with one attached hydrogen (secondary N) is 1. The summed E-state index contributed by atoms with van der Waals surface area (Å²) in [5.74, 6) is 0.919. The molecular formula is C20H25NO2. The number of ether oxygens (including phenoxy) is 1. The highest BCUT2D eigenvalue weighted by Crippen LogP contribution is 2.27. The average molecular weight is 311 g/mol. The Labute approximate surface area is 138 Å². The first-order valence-electron chi connectivity index (χ1n) is 8.02. The molecule has 2 aromatic rings. The van der Waals surface area contributed by atoms with Crippen LogP contribution in [0.3, 0.4) is 0 Å². The number of hydrogen-bond acceptors (Lipinski definition) is 2. The fraction of sp³-hybridized carbons (Fsp3) is 0.350. The quantitative estimate of drug-likeness (QED) is 0.858. The van der Waals surface area contributed by atoms with Gasteiger partial charge in [0.05, 0.1) is 0 Å². The predicted octanol–water partition coefficient (Wildman–Crippen LogP) is 4.83. The van der Waals surface area contributed by atoms with Gasteiger partial charge in [-0.1, -0.05) is 44.2 Å². The van der Waals surface area contributed by atoms with Gasteiger partial charge < -0.3 is 10.1 Å². The van der Waals surface area contributed by atoms with Crippen LogP contribution in [0.25, 0.3) is 0 Å². The van der Waals surface area contributed by atoms with Crippen LogP contribution in [0.4, 0.5) is 5.69 Å². The second-order valence-corrected chi connectivity index (χ2v) is 6.26. The minimum Gasteiger partial charge on any atom is -0.481 e. The summed E-state index contributed by atoms with van der Waals surface area (Å²) in [6, 6.07) is 13.8. The second-order valence-electron chi connectivity index (χ2n) is 6.26. The Morgan fingerprint density at radius 1 is 1.04 bits per heavy atom. The molecule has 0 radical (unpaired) electrons. The Morgan fingerprint density at radius 3 is 2.39 bits per heavy atom. The molecule has 0 aliphatic heterocycles. The summed E-state index contributed by atoms with van der Waals surface area (Å²) in [6.45, 7) is 10.0. The normalized spacial score (nSPS) is 12.1. The first kappa shape index (κ1) is 17.1. The van der Waals surface area contributed by atoms with Crippen LogP contribution in [-0.4, -0.2) is 12.0 Å². The molecule has 122 valence electrons. The number of benzene rings is 2. The molecule has 2 rings (SSSR count). The number of amides is 1. The fourth-order valence-corrected chi connectivity index (χ4v) is 2.51. The molecule has 23 heavy (non-hydrogen) atoms. The molecule has 0 heterocycles. The zero-order valence-electron chi connectivity index (χ0n) is 14.5. The molecule has 3 nitrogen and oxygen atoms in total. The molecule has 3 heteroatoms. The van der Waals surface area contributed by atoms with Gasteiger partial charge in [0.25, 0.3) is 5.91 Å². The lowest BCUT2D eigenvalue weighted by molar-refractivity contribution is -0.122. The zero-order valence-corrected chi connectivity index (χ0v) is 14.5. The highest BCUT2D eigenvalue weighted by Gasteiger charge is 2.18. The highest BCUT2D eigenvalue weighted by molar-refractivity contribution is 5.95. The Balaban J connectivity index is 2.13. The van der Waals surface area contributed by atoms with Crippen molar-refractivity contribution in [3.63, 3.8) is 0 Å². The predicted molar refractivity (Wildman–Crippen MR) is 95.2 cm³/mol. The van der Waals surface area contributed by atoms with Crippen LogP contribution in [0.2, 0.25) is 0 Å². The van der Waals surface area contributed by atoms with Crippen LogP contribution in [-0.2, 0) is 4.79 Å². The van der Waals surface area contributed by atoms with Gasteiger partial charge in [-0.2, -0.15) is 0 Å². The van der Waals surface area contributed by atoms with Gasteiger partial charge in [-0.25, -0.2) is 0 Å². The van der Waals surface area contributed by atoms with E-state index >= 15 is 0 Å². The third-order valence-corrected chi connectivity index (χ3v) is 3.85. The van der Waals surface area contributed by atoms with E-state index in [-0.39, 0.29) is 5.91 Å². The lowest BCUT2D eigenvalue weighted by atomic mass is 9.98. The molecule has 1 unspecified atom stereocenters. The topological polar surface area (TPSA) is 38.3 Å². The summed E-state index contributed by atoms with van der Waals surface area (Å²) >= 11 is 0. The Bertz CT molecular complexity index is 692. The van der Waals surface area contributed by atoms with Gasteiger partial charge in [0.2, 0.25) is 0 Å². The summed E-state index contributed by atoms with van der Waals surface area (Å²) in [5.41, 5.74) is 4.21. The molecule has 0 aliphatic carbocycles. The molecule has 0 saturated heterocycles. The van der Waals surface area contributed by atoms with Gasteiger partial charge >= 0.3 is 0 Å². The number of carbonyl (C=O) groups is 1. The summed E-state index contributed by atoms with van der Waals surface area (Å²) in [7, 11) is 0. The molecule has 0 bridgehead atoms. The summed E-state index contributed by atoms with van der Waals surface area (Å²) in [4.78, 5) is 12.5. The smallest absolute Gasteiger partial charge is 0.265 e. The van der Waals surface area contributed by atoms with Crippen molar-refractivity contribution in [2.24, 2.45) is 0 Å². The van der Waals surface area contributed by atoms with Gasteiger partial charge in [0.1, 0.15) is 5.75 Å². The molecule has 0 aromatic heterocycles. The van der Waals surface area contributed by atoms with Gasteiger partial charge in [0, 0.05) is 5.69 Å². The fourth-order valence-electron chi connectivity index (χ4n) is 2.51. The van der Waals surface area contributed by atoms with Crippen molar-refractivity contribution in [2.45, 2.75) is 46.6 Å². The molecule has 1 amide bonds. The van der Waals surface area contributed by atoms with E-state index in [1.165, 1.54) is 0 Å². The number of hydrogen-bond donors (Lipinski definition) is 1. The van der Waals surface area contributed by atoms with Crippen LogP contribution in [0.5, 0.6) is 5.75 Å². The van der Waals surface area contributed by atoms with Gasteiger partial charge in [-0.05, 0) is 55.5 Å². The van der Waals surface area contributed by atoms with Crippen LogP contribution >= 0.6 is 0 Å². The Kier molecular flexibility index (Phi) is 5.43. The molecule has 0 spiro atoms. The highest BCUT2D eigenvalue weighted by atomic mass is 16.5. The van der Waals surface area contributed by atoms with E-state index in [2.05, 4.69) is 25.2 Å². The molecular weight excluding hydrogens is 286 g/mol. The molecule has 1 N–H and O–H groups in total. The number of aryl methyl sites for hydroxylation is 2. The zero-order chi connectivity index (χ0) is 17.0.